The summed E-state index contributed by atoms with van der Waals surface area (Å²) in [6.45, 7) is 5.65. The van der Waals surface area contributed by atoms with Gasteiger partial charge in [-0.1, -0.05) is 18.2 Å². The van der Waals surface area contributed by atoms with Gasteiger partial charge in [0.15, 0.2) is 0 Å². The molecule has 0 aliphatic carbocycles. The monoisotopic (exact) mass is 341 g/mol. The van der Waals surface area contributed by atoms with Crippen molar-refractivity contribution in [3.63, 3.8) is 0 Å². The van der Waals surface area contributed by atoms with Gasteiger partial charge in [0.2, 0.25) is 11.8 Å². The zero-order chi connectivity index (χ0) is 18.0. The Morgan fingerprint density at radius 3 is 2.32 bits per heavy atom. The molecular weight excluding hydrogens is 322 g/mol. The maximum Gasteiger partial charge on any atom is 0.338 e. The van der Waals surface area contributed by atoms with Crippen molar-refractivity contribution < 1.29 is 23.9 Å². The van der Waals surface area contributed by atoms with Gasteiger partial charge < -0.3 is 9.47 Å². The molecule has 4 rings (SSSR count). The number of carbonyl (C=O) groups is 3. The third-order valence-corrected chi connectivity index (χ3v) is 5.34. The lowest BCUT2D eigenvalue weighted by atomic mass is 9.73. The predicted molar refractivity (Wildman–Crippen MR) is 88.9 cm³/mol. The molecule has 25 heavy (non-hydrogen) atoms. The average molecular weight is 341 g/mol. The summed E-state index contributed by atoms with van der Waals surface area (Å²) in [5.74, 6) is -2.13. The van der Waals surface area contributed by atoms with Gasteiger partial charge in [0, 0.05) is 0 Å². The Bertz CT molecular complexity index is 795. The van der Waals surface area contributed by atoms with Crippen molar-refractivity contribution in [1.29, 1.82) is 0 Å². The zero-order valence-electron chi connectivity index (χ0n) is 14.3. The molecule has 1 aromatic carbocycles. The van der Waals surface area contributed by atoms with Gasteiger partial charge in [0.25, 0.3) is 0 Å². The summed E-state index contributed by atoms with van der Waals surface area (Å²) in [4.78, 5) is 39.2. The number of nitrogens with zero attached hydrogens (tertiary/aromatic N) is 1. The van der Waals surface area contributed by atoms with Crippen LogP contribution in [0.2, 0.25) is 0 Å². The van der Waals surface area contributed by atoms with Gasteiger partial charge in [-0.25, -0.2) is 9.69 Å². The minimum atomic E-state index is -0.764. The van der Waals surface area contributed by atoms with E-state index in [-0.39, 0.29) is 18.4 Å². The summed E-state index contributed by atoms with van der Waals surface area (Å²) in [6, 6.07) is 6.42. The number of fused-ring (bicyclic) bond motifs is 5. The smallest absolute Gasteiger partial charge is 0.338 e. The first-order valence-corrected chi connectivity index (χ1v) is 8.36. The van der Waals surface area contributed by atoms with Gasteiger partial charge in [-0.2, -0.15) is 0 Å². The largest absolute Gasteiger partial charge is 0.462 e. The van der Waals surface area contributed by atoms with Crippen LogP contribution in [0.15, 0.2) is 36.4 Å². The van der Waals surface area contributed by atoms with Gasteiger partial charge in [0.1, 0.15) is 0 Å². The lowest BCUT2D eigenvalue weighted by Crippen LogP contribution is -2.39. The van der Waals surface area contributed by atoms with E-state index in [4.69, 9.17) is 9.47 Å². The van der Waals surface area contributed by atoms with Crippen LogP contribution in [0.25, 0.3) is 0 Å². The molecule has 3 aliphatic rings. The molecule has 130 valence electrons. The standard InChI is InChI=1S/C19H19NO5/c1-4-24-17(23)11-6-5-7-12(10-11)20-15(21)13-14(16(20)22)19(3)9-8-18(13,2)25-19/h5-10,13-14H,4H2,1-3H3/t13-,14-,18+,19+/m1/s1. The number of ether oxygens (including phenoxy) is 2. The second-order valence-corrected chi connectivity index (χ2v) is 7.04. The first kappa shape index (κ1) is 16.0. The van der Waals surface area contributed by atoms with Crippen LogP contribution in [0.4, 0.5) is 5.69 Å². The van der Waals surface area contributed by atoms with E-state index in [1.807, 2.05) is 26.0 Å². The zero-order valence-corrected chi connectivity index (χ0v) is 14.3. The Morgan fingerprint density at radius 2 is 1.76 bits per heavy atom. The minimum Gasteiger partial charge on any atom is -0.462 e. The molecule has 3 aliphatic heterocycles. The highest BCUT2D eigenvalue weighted by Crippen LogP contribution is 2.57. The number of imide groups is 1. The van der Waals surface area contributed by atoms with Crippen LogP contribution in [-0.4, -0.2) is 35.6 Å². The maximum atomic E-state index is 13.0. The molecule has 6 nitrogen and oxygen atoms in total. The second kappa shape index (κ2) is 5.02. The first-order chi connectivity index (χ1) is 11.8. The fourth-order valence-electron chi connectivity index (χ4n) is 4.27. The lowest BCUT2D eigenvalue weighted by Gasteiger charge is -2.25. The van der Waals surface area contributed by atoms with Crippen LogP contribution in [0.5, 0.6) is 0 Å². The average Bonchev–Trinajstić information content (AvgIpc) is 3.12. The minimum absolute atomic E-state index is 0.258. The number of anilines is 1. The highest BCUT2D eigenvalue weighted by atomic mass is 16.5. The Labute approximate surface area is 145 Å². The molecule has 2 fully saturated rings. The van der Waals surface area contributed by atoms with Gasteiger partial charge >= 0.3 is 5.97 Å². The van der Waals surface area contributed by atoms with Crippen molar-refractivity contribution in [1.82, 2.24) is 0 Å². The van der Waals surface area contributed by atoms with Crippen LogP contribution >= 0.6 is 0 Å². The van der Waals surface area contributed by atoms with Crippen LogP contribution in [0, 0.1) is 11.8 Å². The Balaban J connectivity index is 1.72. The molecule has 0 aromatic heterocycles. The van der Waals surface area contributed by atoms with E-state index in [1.165, 1.54) is 11.0 Å². The fraction of sp³-hybridized carbons (Fsp3) is 0.421. The van der Waals surface area contributed by atoms with E-state index in [1.54, 1.807) is 25.1 Å². The molecule has 0 radical (unpaired) electrons. The number of amides is 2. The number of hydrogen-bond donors (Lipinski definition) is 0. The van der Waals surface area contributed by atoms with E-state index < -0.39 is 29.0 Å². The van der Waals surface area contributed by atoms with Gasteiger partial charge in [-0.15, -0.1) is 0 Å². The molecule has 2 amide bonds. The molecule has 6 heteroatoms. The number of rotatable bonds is 3. The van der Waals surface area contributed by atoms with E-state index in [0.717, 1.165) is 0 Å². The molecule has 2 bridgehead atoms. The van der Waals surface area contributed by atoms with Crippen LogP contribution in [-0.2, 0) is 19.1 Å². The fourth-order valence-corrected chi connectivity index (χ4v) is 4.27. The van der Waals surface area contributed by atoms with Crippen LogP contribution < -0.4 is 4.90 Å². The molecule has 0 saturated carbocycles. The van der Waals surface area contributed by atoms with Gasteiger partial charge in [-0.05, 0) is 39.0 Å². The summed E-state index contributed by atoms with van der Waals surface area (Å²) < 4.78 is 11.0. The van der Waals surface area contributed by atoms with Crippen molar-refractivity contribution in [2.24, 2.45) is 11.8 Å². The van der Waals surface area contributed by atoms with Crippen LogP contribution in [0.1, 0.15) is 31.1 Å². The van der Waals surface area contributed by atoms with Crippen molar-refractivity contribution in [2.45, 2.75) is 32.0 Å². The van der Waals surface area contributed by atoms with E-state index in [0.29, 0.717) is 11.3 Å². The highest BCUT2D eigenvalue weighted by Gasteiger charge is 2.70. The highest BCUT2D eigenvalue weighted by molar-refractivity contribution is 6.23. The molecule has 0 unspecified atom stereocenters. The molecule has 0 spiro atoms. The molecule has 4 atom stereocenters. The van der Waals surface area contributed by atoms with Crippen LogP contribution in [0.3, 0.4) is 0 Å². The topological polar surface area (TPSA) is 72.9 Å². The van der Waals surface area contributed by atoms with Crippen molar-refractivity contribution in [3.8, 4) is 0 Å². The normalized spacial score (nSPS) is 35.4. The van der Waals surface area contributed by atoms with Crippen molar-refractivity contribution >= 4 is 23.5 Å². The maximum absolute atomic E-state index is 13.0. The first-order valence-electron chi connectivity index (χ1n) is 8.36. The van der Waals surface area contributed by atoms with E-state index in [9.17, 15) is 14.4 Å². The molecule has 3 heterocycles. The predicted octanol–water partition coefficient (Wildman–Crippen LogP) is 2.09. The Kier molecular flexibility index (Phi) is 3.22. The van der Waals surface area contributed by atoms with Crippen molar-refractivity contribution in [2.75, 3.05) is 11.5 Å². The summed E-state index contributed by atoms with van der Waals surface area (Å²) in [5, 5.41) is 0. The number of benzene rings is 1. The lowest BCUT2D eigenvalue weighted by molar-refractivity contribution is -0.128. The third-order valence-electron chi connectivity index (χ3n) is 5.34. The number of hydrogen-bond acceptors (Lipinski definition) is 5. The number of carbonyl (C=O) groups excluding carboxylic acids is 3. The SMILES string of the molecule is CCOC(=O)c1cccc(N2C(=O)[C@H]3[C@H](C2=O)[C@]2(C)C=C[C@]3(C)O2)c1. The quantitative estimate of drug-likeness (QED) is 0.478. The van der Waals surface area contributed by atoms with Gasteiger partial charge in [-0.3, -0.25) is 9.59 Å². The van der Waals surface area contributed by atoms with E-state index >= 15 is 0 Å². The second-order valence-electron chi connectivity index (χ2n) is 7.04. The Hall–Kier alpha value is -2.47. The van der Waals surface area contributed by atoms with Crippen molar-refractivity contribution in [3.05, 3.63) is 42.0 Å². The van der Waals surface area contributed by atoms with E-state index in [2.05, 4.69) is 0 Å². The summed E-state index contributed by atoms with van der Waals surface area (Å²) in [7, 11) is 0. The third kappa shape index (κ3) is 2.03. The summed E-state index contributed by atoms with van der Waals surface area (Å²) >= 11 is 0. The van der Waals surface area contributed by atoms with Gasteiger partial charge in [0.05, 0.1) is 40.9 Å². The summed E-state index contributed by atoms with van der Waals surface area (Å²) in [6.07, 6.45) is 3.75. The molecule has 1 aromatic rings. The molecule has 0 N–H and O–H groups in total. The Morgan fingerprint density at radius 1 is 1.16 bits per heavy atom. The summed E-state index contributed by atoms with van der Waals surface area (Å²) in [5.41, 5.74) is -0.826. The molecule has 2 saturated heterocycles. The number of esters is 1. The molecular formula is C19H19NO5.